The van der Waals surface area contributed by atoms with Crippen molar-refractivity contribution >= 4 is 17.5 Å². The van der Waals surface area contributed by atoms with Crippen molar-refractivity contribution in [3.05, 3.63) is 23.0 Å². The van der Waals surface area contributed by atoms with E-state index in [-0.39, 0.29) is 35.3 Å². The van der Waals surface area contributed by atoms with Crippen molar-refractivity contribution in [3.63, 3.8) is 0 Å². The van der Waals surface area contributed by atoms with Crippen LogP contribution in [0.3, 0.4) is 0 Å². The molecule has 1 aliphatic rings. The molecule has 1 heterocycles. The normalized spacial score (nSPS) is 23.7. The standard InChI is InChI=1S/C12H16ClN3O2/c13-11-6-5-10(15-16-11)12(18)14-9-4-2-1-3-8(9)7-17/h5-6,8-9,17H,1-4,7H2,(H,14,18). The number of aromatic nitrogens is 2. The molecule has 1 aromatic rings. The average Bonchev–Trinajstić information content (AvgIpc) is 2.40. The molecule has 0 aliphatic heterocycles. The largest absolute Gasteiger partial charge is 0.396 e. The minimum absolute atomic E-state index is 0.0220. The van der Waals surface area contributed by atoms with Gasteiger partial charge in [0.2, 0.25) is 0 Å². The molecule has 2 N–H and O–H groups in total. The zero-order valence-corrected chi connectivity index (χ0v) is 10.7. The quantitative estimate of drug-likeness (QED) is 0.870. The first-order valence-electron chi connectivity index (χ1n) is 6.11. The Labute approximate surface area is 111 Å². The lowest BCUT2D eigenvalue weighted by atomic mass is 9.85. The van der Waals surface area contributed by atoms with Gasteiger partial charge in [0.15, 0.2) is 10.8 Å². The third kappa shape index (κ3) is 3.17. The Morgan fingerprint density at radius 3 is 2.83 bits per heavy atom. The van der Waals surface area contributed by atoms with Crippen LogP contribution < -0.4 is 5.32 Å². The van der Waals surface area contributed by atoms with Crippen LogP contribution in [0.4, 0.5) is 0 Å². The highest BCUT2D eigenvalue weighted by molar-refractivity contribution is 6.29. The fraction of sp³-hybridized carbons (Fsp3) is 0.583. The van der Waals surface area contributed by atoms with E-state index in [1.165, 1.54) is 6.07 Å². The van der Waals surface area contributed by atoms with Gasteiger partial charge in [-0.1, -0.05) is 24.4 Å². The van der Waals surface area contributed by atoms with Crippen LogP contribution in [0, 0.1) is 5.92 Å². The molecule has 0 spiro atoms. The molecule has 0 saturated heterocycles. The van der Waals surface area contributed by atoms with Crippen LogP contribution in [0.25, 0.3) is 0 Å². The summed E-state index contributed by atoms with van der Waals surface area (Å²) in [4.78, 5) is 11.9. The Hall–Kier alpha value is -1.20. The fourth-order valence-electron chi connectivity index (χ4n) is 2.30. The number of nitrogens with zero attached hydrogens (tertiary/aromatic N) is 2. The van der Waals surface area contributed by atoms with Crippen molar-refractivity contribution in [2.24, 2.45) is 5.92 Å². The van der Waals surface area contributed by atoms with Gasteiger partial charge in [0.1, 0.15) is 0 Å². The number of amides is 1. The molecule has 1 aromatic heterocycles. The summed E-state index contributed by atoms with van der Waals surface area (Å²) in [5, 5.41) is 19.8. The molecule has 1 aliphatic carbocycles. The zero-order chi connectivity index (χ0) is 13.0. The summed E-state index contributed by atoms with van der Waals surface area (Å²) >= 11 is 5.62. The van der Waals surface area contributed by atoms with E-state index in [4.69, 9.17) is 11.6 Å². The van der Waals surface area contributed by atoms with E-state index in [0.717, 1.165) is 25.7 Å². The van der Waals surface area contributed by atoms with Gasteiger partial charge in [0.25, 0.3) is 5.91 Å². The molecule has 6 heteroatoms. The maximum Gasteiger partial charge on any atom is 0.272 e. The summed E-state index contributed by atoms with van der Waals surface area (Å²) in [6.07, 6.45) is 4.04. The lowest BCUT2D eigenvalue weighted by molar-refractivity contribution is 0.0866. The molecule has 0 aromatic carbocycles. The van der Waals surface area contributed by atoms with Crippen molar-refractivity contribution in [2.75, 3.05) is 6.61 Å². The predicted molar refractivity (Wildman–Crippen MR) is 67.3 cm³/mol. The molecule has 1 fully saturated rings. The van der Waals surface area contributed by atoms with Crippen LogP contribution in [-0.4, -0.2) is 33.9 Å². The van der Waals surface area contributed by atoms with Gasteiger partial charge in [0, 0.05) is 18.6 Å². The van der Waals surface area contributed by atoms with Gasteiger partial charge < -0.3 is 10.4 Å². The summed E-state index contributed by atoms with van der Waals surface area (Å²) in [6, 6.07) is 3.10. The first kappa shape index (κ1) is 13.2. The average molecular weight is 270 g/mol. The smallest absolute Gasteiger partial charge is 0.272 e. The van der Waals surface area contributed by atoms with Gasteiger partial charge in [-0.05, 0) is 25.0 Å². The van der Waals surface area contributed by atoms with Crippen molar-refractivity contribution in [1.82, 2.24) is 15.5 Å². The second kappa shape index (κ2) is 6.11. The lowest BCUT2D eigenvalue weighted by Gasteiger charge is -2.30. The molecule has 98 valence electrons. The van der Waals surface area contributed by atoms with Crippen LogP contribution in [0.15, 0.2) is 12.1 Å². The van der Waals surface area contributed by atoms with Crippen molar-refractivity contribution in [3.8, 4) is 0 Å². The lowest BCUT2D eigenvalue weighted by Crippen LogP contribution is -2.43. The summed E-state index contributed by atoms with van der Waals surface area (Å²) in [5.41, 5.74) is 0.252. The van der Waals surface area contributed by atoms with E-state index in [1.54, 1.807) is 6.07 Å². The molecule has 5 nitrogen and oxygen atoms in total. The van der Waals surface area contributed by atoms with Gasteiger partial charge in [-0.25, -0.2) is 0 Å². The molecule has 2 unspecified atom stereocenters. The van der Waals surface area contributed by atoms with Crippen molar-refractivity contribution in [2.45, 2.75) is 31.7 Å². The van der Waals surface area contributed by atoms with Crippen molar-refractivity contribution < 1.29 is 9.90 Å². The predicted octanol–water partition coefficient (Wildman–Crippen LogP) is 1.41. The maximum atomic E-state index is 11.9. The fourth-order valence-corrected chi connectivity index (χ4v) is 2.40. The highest BCUT2D eigenvalue weighted by atomic mass is 35.5. The van der Waals surface area contributed by atoms with Crippen LogP contribution in [0.2, 0.25) is 5.15 Å². The third-order valence-electron chi connectivity index (χ3n) is 3.32. The number of carbonyl (C=O) groups is 1. The number of nitrogens with one attached hydrogen (secondary N) is 1. The SMILES string of the molecule is O=C(NC1CCCCC1CO)c1ccc(Cl)nn1. The Balaban J connectivity index is 1.99. The molecule has 1 amide bonds. The second-order valence-corrected chi connectivity index (χ2v) is 4.94. The molecule has 18 heavy (non-hydrogen) atoms. The summed E-state index contributed by atoms with van der Waals surface area (Å²) in [7, 11) is 0. The van der Waals surface area contributed by atoms with Crippen LogP contribution >= 0.6 is 11.6 Å². The highest BCUT2D eigenvalue weighted by Crippen LogP contribution is 2.24. The number of aliphatic hydroxyl groups excluding tert-OH is 1. The van der Waals surface area contributed by atoms with Gasteiger partial charge in [-0.15, -0.1) is 10.2 Å². The Morgan fingerprint density at radius 1 is 1.39 bits per heavy atom. The molecular weight excluding hydrogens is 254 g/mol. The van der Waals surface area contributed by atoms with E-state index in [2.05, 4.69) is 15.5 Å². The van der Waals surface area contributed by atoms with Crippen molar-refractivity contribution in [1.29, 1.82) is 0 Å². The van der Waals surface area contributed by atoms with E-state index in [9.17, 15) is 9.90 Å². The number of hydrogen-bond acceptors (Lipinski definition) is 4. The first-order chi connectivity index (χ1) is 8.70. The number of rotatable bonds is 3. The summed E-state index contributed by atoms with van der Waals surface area (Å²) in [5.74, 6) is -0.118. The van der Waals surface area contributed by atoms with Gasteiger partial charge in [-0.2, -0.15) is 0 Å². The Bertz CT molecular complexity index is 410. The zero-order valence-electron chi connectivity index (χ0n) is 9.97. The van der Waals surface area contributed by atoms with Gasteiger partial charge in [-0.3, -0.25) is 4.79 Å². The minimum Gasteiger partial charge on any atom is -0.396 e. The number of aliphatic hydroxyl groups is 1. The molecule has 0 bridgehead atoms. The summed E-state index contributed by atoms with van der Waals surface area (Å²) < 4.78 is 0. The Kier molecular flexibility index (Phi) is 4.49. The minimum atomic E-state index is -0.260. The van der Waals surface area contributed by atoms with Crippen LogP contribution in [-0.2, 0) is 0 Å². The monoisotopic (exact) mass is 269 g/mol. The van der Waals surface area contributed by atoms with Gasteiger partial charge >= 0.3 is 0 Å². The van der Waals surface area contributed by atoms with E-state index in [1.807, 2.05) is 0 Å². The third-order valence-corrected chi connectivity index (χ3v) is 3.53. The molecular formula is C12H16ClN3O2. The molecule has 1 saturated carbocycles. The second-order valence-electron chi connectivity index (χ2n) is 4.55. The number of hydrogen-bond donors (Lipinski definition) is 2. The Morgan fingerprint density at radius 2 is 2.17 bits per heavy atom. The topological polar surface area (TPSA) is 75.1 Å². The van der Waals surface area contributed by atoms with E-state index >= 15 is 0 Å². The maximum absolute atomic E-state index is 11.9. The van der Waals surface area contributed by atoms with Crippen LogP contribution in [0.5, 0.6) is 0 Å². The summed E-state index contributed by atoms with van der Waals surface area (Å²) in [6.45, 7) is 0.108. The highest BCUT2D eigenvalue weighted by Gasteiger charge is 2.26. The number of carbonyl (C=O) groups excluding carboxylic acids is 1. The molecule has 2 rings (SSSR count). The van der Waals surface area contributed by atoms with E-state index < -0.39 is 0 Å². The molecule has 0 radical (unpaired) electrons. The van der Waals surface area contributed by atoms with Crippen LogP contribution in [0.1, 0.15) is 36.2 Å². The number of halogens is 1. The molecule has 2 atom stereocenters. The van der Waals surface area contributed by atoms with Gasteiger partial charge in [0.05, 0.1) is 0 Å². The first-order valence-corrected chi connectivity index (χ1v) is 6.49. The van der Waals surface area contributed by atoms with E-state index in [0.29, 0.717) is 0 Å².